The molecule has 0 radical (unpaired) electrons. The summed E-state index contributed by atoms with van der Waals surface area (Å²) in [5.74, 6) is 0.258. The molecule has 0 aromatic heterocycles. The molecule has 0 unspecified atom stereocenters. The van der Waals surface area contributed by atoms with Gasteiger partial charge in [0, 0.05) is 11.6 Å². The number of hydrogen-bond acceptors (Lipinski definition) is 6. The molecular formula is C28H32ClN3O6S. The lowest BCUT2D eigenvalue weighted by molar-refractivity contribution is -0.117. The molecule has 1 atom stereocenters. The smallest absolute Gasteiger partial charge is 0.253 e. The standard InChI is InChI=1S/C28H32ClN3O6S/c1-5-24(32(39(4,35)36)21-10-8-9-20(29)18-21)28(34)31-23-12-7-6-11-22(23)27(33)30-16-15-19-13-14-25(37-2)26(17-19)38-3/h6-14,17-18,24H,5,15-16H2,1-4H3,(H,30,33)(H,31,34)/t24-/m0/s1. The highest BCUT2D eigenvalue weighted by Crippen LogP contribution is 2.28. The molecule has 3 rings (SSSR count). The van der Waals surface area contributed by atoms with Crippen molar-refractivity contribution in [1.29, 1.82) is 0 Å². The summed E-state index contributed by atoms with van der Waals surface area (Å²) in [6, 6.07) is 17.3. The second-order valence-electron chi connectivity index (χ2n) is 8.69. The Morgan fingerprint density at radius 2 is 1.69 bits per heavy atom. The Labute approximate surface area is 234 Å². The zero-order chi connectivity index (χ0) is 28.6. The number of carbonyl (C=O) groups is 2. The highest BCUT2D eigenvalue weighted by Gasteiger charge is 2.32. The van der Waals surface area contributed by atoms with Crippen molar-refractivity contribution in [2.45, 2.75) is 25.8 Å². The van der Waals surface area contributed by atoms with E-state index in [4.69, 9.17) is 21.1 Å². The van der Waals surface area contributed by atoms with Crippen molar-refractivity contribution in [3.8, 4) is 11.5 Å². The molecule has 0 aliphatic heterocycles. The Morgan fingerprint density at radius 3 is 2.33 bits per heavy atom. The van der Waals surface area contributed by atoms with E-state index in [2.05, 4.69) is 10.6 Å². The third kappa shape index (κ3) is 7.64. The molecule has 39 heavy (non-hydrogen) atoms. The third-order valence-corrected chi connectivity index (χ3v) is 7.38. The number of amides is 2. The van der Waals surface area contributed by atoms with Gasteiger partial charge in [0.05, 0.1) is 37.4 Å². The number of sulfonamides is 1. The van der Waals surface area contributed by atoms with Crippen molar-refractivity contribution in [1.82, 2.24) is 5.32 Å². The zero-order valence-electron chi connectivity index (χ0n) is 22.2. The first-order chi connectivity index (χ1) is 18.6. The maximum atomic E-state index is 13.4. The van der Waals surface area contributed by atoms with Crippen molar-refractivity contribution < 1.29 is 27.5 Å². The van der Waals surface area contributed by atoms with Gasteiger partial charge >= 0.3 is 0 Å². The van der Waals surface area contributed by atoms with Crippen LogP contribution in [0.3, 0.4) is 0 Å². The molecule has 0 aliphatic rings. The molecule has 0 spiro atoms. The number of rotatable bonds is 12. The minimum atomic E-state index is -3.84. The maximum absolute atomic E-state index is 13.4. The van der Waals surface area contributed by atoms with Gasteiger partial charge in [-0.15, -0.1) is 0 Å². The second kappa shape index (κ2) is 13.3. The van der Waals surface area contributed by atoms with Gasteiger partial charge in [0.1, 0.15) is 6.04 Å². The van der Waals surface area contributed by atoms with E-state index < -0.39 is 22.0 Å². The van der Waals surface area contributed by atoms with Gasteiger partial charge in [0.2, 0.25) is 15.9 Å². The number of anilines is 2. The minimum absolute atomic E-state index is 0.186. The van der Waals surface area contributed by atoms with Crippen LogP contribution in [0.15, 0.2) is 66.7 Å². The van der Waals surface area contributed by atoms with Gasteiger partial charge in [-0.1, -0.05) is 42.8 Å². The molecule has 0 bridgehead atoms. The van der Waals surface area contributed by atoms with E-state index >= 15 is 0 Å². The fourth-order valence-electron chi connectivity index (χ4n) is 4.13. The summed E-state index contributed by atoms with van der Waals surface area (Å²) >= 11 is 6.08. The van der Waals surface area contributed by atoms with Crippen LogP contribution >= 0.6 is 11.6 Å². The number of nitrogens with one attached hydrogen (secondary N) is 2. The predicted molar refractivity (Wildman–Crippen MR) is 154 cm³/mol. The average molecular weight is 574 g/mol. The normalized spacial score (nSPS) is 11.8. The molecule has 208 valence electrons. The molecule has 0 fully saturated rings. The molecular weight excluding hydrogens is 542 g/mol. The number of methoxy groups -OCH3 is 2. The van der Waals surface area contributed by atoms with Crippen molar-refractivity contribution in [3.05, 3.63) is 82.9 Å². The van der Waals surface area contributed by atoms with E-state index in [0.29, 0.717) is 29.5 Å². The number of hydrogen-bond donors (Lipinski definition) is 2. The Hall–Kier alpha value is -3.76. The highest BCUT2D eigenvalue weighted by molar-refractivity contribution is 7.92. The van der Waals surface area contributed by atoms with Crippen molar-refractivity contribution in [3.63, 3.8) is 0 Å². The van der Waals surface area contributed by atoms with Crippen LogP contribution in [-0.2, 0) is 21.2 Å². The molecule has 9 nitrogen and oxygen atoms in total. The quantitative estimate of drug-likeness (QED) is 0.329. The third-order valence-electron chi connectivity index (χ3n) is 5.97. The number of benzene rings is 3. The van der Waals surface area contributed by atoms with Crippen LogP contribution in [0, 0.1) is 0 Å². The van der Waals surface area contributed by atoms with Gasteiger partial charge in [-0.05, 0) is 60.9 Å². The van der Waals surface area contributed by atoms with Crippen LogP contribution in [0.25, 0.3) is 0 Å². The molecule has 2 N–H and O–H groups in total. The predicted octanol–water partition coefficient (Wildman–Crippen LogP) is 4.51. The number of nitrogens with zero attached hydrogens (tertiary/aromatic N) is 1. The lowest BCUT2D eigenvalue weighted by Crippen LogP contribution is -2.47. The van der Waals surface area contributed by atoms with Gasteiger partial charge in [-0.2, -0.15) is 0 Å². The van der Waals surface area contributed by atoms with E-state index in [-0.39, 0.29) is 29.3 Å². The minimum Gasteiger partial charge on any atom is -0.493 e. The van der Waals surface area contributed by atoms with Crippen LogP contribution in [0.5, 0.6) is 11.5 Å². The maximum Gasteiger partial charge on any atom is 0.253 e. The van der Waals surface area contributed by atoms with Gasteiger partial charge in [0.15, 0.2) is 11.5 Å². The van der Waals surface area contributed by atoms with Crippen molar-refractivity contribution in [2.75, 3.05) is 36.6 Å². The fourth-order valence-corrected chi connectivity index (χ4v) is 5.52. The largest absolute Gasteiger partial charge is 0.493 e. The van der Waals surface area contributed by atoms with Crippen LogP contribution < -0.4 is 24.4 Å². The highest BCUT2D eigenvalue weighted by atomic mass is 35.5. The molecule has 0 saturated heterocycles. The van der Waals surface area contributed by atoms with Crippen molar-refractivity contribution >= 4 is 44.8 Å². The number of halogens is 1. The molecule has 0 aliphatic carbocycles. The fraction of sp³-hybridized carbons (Fsp3) is 0.286. The Bertz CT molecular complexity index is 1430. The van der Waals surface area contributed by atoms with Gasteiger partial charge in [-0.3, -0.25) is 13.9 Å². The first-order valence-corrected chi connectivity index (χ1v) is 14.5. The molecule has 11 heteroatoms. The summed E-state index contributed by atoms with van der Waals surface area (Å²) in [5.41, 5.74) is 1.74. The Morgan fingerprint density at radius 1 is 0.974 bits per heavy atom. The first-order valence-electron chi connectivity index (χ1n) is 12.2. The number of ether oxygens (including phenoxy) is 2. The second-order valence-corrected chi connectivity index (χ2v) is 11.0. The summed E-state index contributed by atoms with van der Waals surface area (Å²) in [7, 11) is -0.720. The summed E-state index contributed by atoms with van der Waals surface area (Å²) in [6.45, 7) is 2.05. The van der Waals surface area contributed by atoms with Crippen LogP contribution in [0.1, 0.15) is 29.3 Å². The first kappa shape index (κ1) is 29.8. The Balaban J connectivity index is 1.75. The monoisotopic (exact) mass is 573 g/mol. The lowest BCUT2D eigenvalue weighted by atomic mass is 10.1. The van der Waals surface area contributed by atoms with Gasteiger partial charge in [-0.25, -0.2) is 8.42 Å². The SMILES string of the molecule is CC[C@@H](C(=O)Nc1ccccc1C(=O)NCCc1ccc(OC)c(OC)c1)N(c1cccc(Cl)c1)S(C)(=O)=O. The molecule has 3 aromatic carbocycles. The zero-order valence-corrected chi connectivity index (χ0v) is 23.8. The lowest BCUT2D eigenvalue weighted by Gasteiger charge is -2.30. The van der Waals surface area contributed by atoms with E-state index in [1.807, 2.05) is 12.1 Å². The van der Waals surface area contributed by atoms with Gasteiger partial charge < -0.3 is 20.1 Å². The van der Waals surface area contributed by atoms with Crippen molar-refractivity contribution in [2.24, 2.45) is 0 Å². The van der Waals surface area contributed by atoms with E-state index in [1.54, 1.807) is 69.7 Å². The number of para-hydroxylation sites is 1. The van der Waals surface area contributed by atoms with E-state index in [1.165, 1.54) is 6.07 Å². The summed E-state index contributed by atoms with van der Waals surface area (Å²) in [6.07, 6.45) is 1.76. The van der Waals surface area contributed by atoms with Crippen LogP contribution in [0.4, 0.5) is 11.4 Å². The van der Waals surface area contributed by atoms with Crippen LogP contribution in [0.2, 0.25) is 5.02 Å². The topological polar surface area (TPSA) is 114 Å². The van der Waals surface area contributed by atoms with E-state index in [0.717, 1.165) is 16.1 Å². The molecule has 0 heterocycles. The number of carbonyl (C=O) groups excluding carboxylic acids is 2. The van der Waals surface area contributed by atoms with Crippen LogP contribution in [-0.4, -0.2) is 53.3 Å². The average Bonchev–Trinajstić information content (AvgIpc) is 2.90. The summed E-state index contributed by atoms with van der Waals surface area (Å²) in [4.78, 5) is 26.4. The van der Waals surface area contributed by atoms with E-state index in [9.17, 15) is 18.0 Å². The molecule has 3 aromatic rings. The van der Waals surface area contributed by atoms with Gasteiger partial charge in [0.25, 0.3) is 5.91 Å². The molecule has 0 saturated carbocycles. The summed E-state index contributed by atoms with van der Waals surface area (Å²) in [5, 5.41) is 5.95. The Kier molecular flexibility index (Phi) is 10.2. The summed E-state index contributed by atoms with van der Waals surface area (Å²) < 4.78 is 37.0. The molecule has 2 amide bonds.